The summed E-state index contributed by atoms with van der Waals surface area (Å²) in [6.07, 6.45) is 2.41. The summed E-state index contributed by atoms with van der Waals surface area (Å²) in [5, 5.41) is 3.39. The topological polar surface area (TPSA) is 70.3 Å². The maximum atomic E-state index is 12.3. The Morgan fingerprint density at radius 2 is 1.89 bits per heavy atom. The molecule has 2 heterocycles. The Morgan fingerprint density at radius 1 is 1.14 bits per heavy atom. The molecule has 1 aliphatic rings. The zero-order valence-corrected chi connectivity index (χ0v) is 16.6. The van der Waals surface area contributed by atoms with Crippen LogP contribution in [0.2, 0.25) is 0 Å². The largest absolute Gasteiger partial charge is 0.493 e. The Kier molecular flexibility index (Phi) is 6.94. The standard InChI is InChI=1S/C21H28N4O3/c1-17-7-3-4-8-18(17)27-16-6-10-23-21(22-2)25-13-11-24(12-14-25)20(26)19-9-5-15-28-19/h3-5,7-9,15H,6,10-14,16H2,1-2H3,(H,22,23). The molecule has 1 fully saturated rings. The molecule has 3 rings (SSSR count). The van der Waals surface area contributed by atoms with E-state index in [1.807, 2.05) is 36.1 Å². The van der Waals surface area contributed by atoms with Crippen LogP contribution >= 0.6 is 0 Å². The maximum Gasteiger partial charge on any atom is 0.289 e. The molecule has 1 aromatic heterocycles. The number of carbonyl (C=O) groups is 1. The highest BCUT2D eigenvalue weighted by Gasteiger charge is 2.24. The maximum absolute atomic E-state index is 12.3. The fraction of sp³-hybridized carbons (Fsp3) is 0.429. The van der Waals surface area contributed by atoms with Crippen LogP contribution in [0, 0.1) is 6.92 Å². The number of benzene rings is 1. The first-order valence-corrected chi connectivity index (χ1v) is 9.66. The summed E-state index contributed by atoms with van der Waals surface area (Å²) in [5.41, 5.74) is 1.15. The average molecular weight is 384 g/mol. The summed E-state index contributed by atoms with van der Waals surface area (Å²) in [6.45, 7) is 6.26. The molecule has 0 saturated carbocycles. The molecule has 7 nitrogen and oxygen atoms in total. The molecule has 2 aromatic rings. The Hall–Kier alpha value is -2.96. The van der Waals surface area contributed by atoms with E-state index in [-0.39, 0.29) is 5.91 Å². The van der Waals surface area contributed by atoms with Crippen LogP contribution in [0.15, 0.2) is 52.1 Å². The van der Waals surface area contributed by atoms with Crippen molar-refractivity contribution >= 4 is 11.9 Å². The molecule has 0 bridgehead atoms. The molecular formula is C21H28N4O3. The molecule has 7 heteroatoms. The zero-order valence-electron chi connectivity index (χ0n) is 16.6. The number of guanidine groups is 1. The molecule has 1 aliphatic heterocycles. The number of nitrogens with one attached hydrogen (secondary N) is 1. The van der Waals surface area contributed by atoms with Crippen molar-refractivity contribution < 1.29 is 13.9 Å². The van der Waals surface area contributed by atoms with Gasteiger partial charge in [-0.25, -0.2) is 0 Å². The number of piperazine rings is 1. The summed E-state index contributed by atoms with van der Waals surface area (Å²) in [4.78, 5) is 20.7. The minimum Gasteiger partial charge on any atom is -0.493 e. The number of aryl methyl sites for hydroxylation is 1. The highest BCUT2D eigenvalue weighted by molar-refractivity contribution is 5.91. The van der Waals surface area contributed by atoms with Gasteiger partial charge in [-0.2, -0.15) is 0 Å². The van der Waals surface area contributed by atoms with Crippen LogP contribution in [0.25, 0.3) is 0 Å². The van der Waals surface area contributed by atoms with Crippen molar-refractivity contribution in [2.75, 3.05) is 46.4 Å². The summed E-state index contributed by atoms with van der Waals surface area (Å²) >= 11 is 0. The lowest BCUT2D eigenvalue weighted by molar-refractivity contribution is 0.0657. The van der Waals surface area contributed by atoms with Crippen LogP contribution in [0.5, 0.6) is 5.75 Å². The van der Waals surface area contributed by atoms with E-state index in [2.05, 4.69) is 15.2 Å². The lowest BCUT2D eigenvalue weighted by Crippen LogP contribution is -2.53. The second-order valence-electron chi connectivity index (χ2n) is 6.70. The van der Waals surface area contributed by atoms with Gasteiger partial charge < -0.3 is 24.3 Å². The lowest BCUT2D eigenvalue weighted by atomic mass is 10.2. The average Bonchev–Trinajstić information content (AvgIpc) is 3.26. The van der Waals surface area contributed by atoms with E-state index in [0.717, 1.165) is 43.3 Å². The molecule has 0 spiro atoms. The van der Waals surface area contributed by atoms with Crippen LogP contribution in [0.3, 0.4) is 0 Å². The first-order valence-electron chi connectivity index (χ1n) is 9.66. The van der Waals surface area contributed by atoms with Gasteiger partial charge in [-0.15, -0.1) is 0 Å². The van der Waals surface area contributed by atoms with Gasteiger partial charge in [-0.1, -0.05) is 18.2 Å². The zero-order chi connectivity index (χ0) is 19.8. The van der Waals surface area contributed by atoms with Crippen molar-refractivity contribution in [3.8, 4) is 5.75 Å². The van der Waals surface area contributed by atoms with Crippen LogP contribution in [0.4, 0.5) is 0 Å². The van der Waals surface area contributed by atoms with E-state index in [0.29, 0.717) is 25.5 Å². The van der Waals surface area contributed by atoms with E-state index in [4.69, 9.17) is 9.15 Å². The van der Waals surface area contributed by atoms with E-state index in [1.54, 1.807) is 19.2 Å². The monoisotopic (exact) mass is 384 g/mol. The Bertz CT molecular complexity index is 781. The van der Waals surface area contributed by atoms with Crippen molar-refractivity contribution in [1.82, 2.24) is 15.1 Å². The van der Waals surface area contributed by atoms with Crippen molar-refractivity contribution in [3.05, 3.63) is 54.0 Å². The van der Waals surface area contributed by atoms with Gasteiger partial charge in [-0.3, -0.25) is 9.79 Å². The van der Waals surface area contributed by atoms with Crippen LogP contribution in [-0.4, -0.2) is 68.0 Å². The molecule has 28 heavy (non-hydrogen) atoms. The molecule has 0 aliphatic carbocycles. The Labute approximate surface area is 166 Å². The predicted molar refractivity (Wildman–Crippen MR) is 109 cm³/mol. The van der Waals surface area contributed by atoms with Gasteiger partial charge in [-0.05, 0) is 37.1 Å². The predicted octanol–water partition coefficient (Wildman–Crippen LogP) is 2.39. The summed E-state index contributed by atoms with van der Waals surface area (Å²) < 4.78 is 11.0. The molecule has 1 amide bonds. The number of rotatable bonds is 6. The lowest BCUT2D eigenvalue weighted by Gasteiger charge is -2.36. The summed E-state index contributed by atoms with van der Waals surface area (Å²) in [5.74, 6) is 2.13. The van der Waals surface area contributed by atoms with Gasteiger partial charge in [0.05, 0.1) is 12.9 Å². The number of para-hydroxylation sites is 1. The van der Waals surface area contributed by atoms with Gasteiger partial charge in [0.1, 0.15) is 5.75 Å². The SMILES string of the molecule is CN=C(NCCCOc1ccccc1C)N1CCN(C(=O)c2ccco2)CC1. The molecule has 1 N–H and O–H groups in total. The number of nitrogens with zero attached hydrogens (tertiary/aromatic N) is 3. The fourth-order valence-corrected chi connectivity index (χ4v) is 3.18. The Morgan fingerprint density at radius 3 is 2.57 bits per heavy atom. The third-order valence-electron chi connectivity index (χ3n) is 4.77. The van der Waals surface area contributed by atoms with Gasteiger partial charge in [0.25, 0.3) is 5.91 Å². The second kappa shape index (κ2) is 9.82. The van der Waals surface area contributed by atoms with E-state index >= 15 is 0 Å². The van der Waals surface area contributed by atoms with E-state index in [9.17, 15) is 4.79 Å². The minimum absolute atomic E-state index is 0.0547. The van der Waals surface area contributed by atoms with Gasteiger partial charge >= 0.3 is 0 Å². The first kappa shape index (κ1) is 19.8. The number of carbonyl (C=O) groups excluding carboxylic acids is 1. The van der Waals surface area contributed by atoms with Crippen LogP contribution in [0.1, 0.15) is 22.5 Å². The van der Waals surface area contributed by atoms with E-state index in [1.165, 1.54) is 6.26 Å². The van der Waals surface area contributed by atoms with Crippen molar-refractivity contribution in [3.63, 3.8) is 0 Å². The summed E-state index contributed by atoms with van der Waals surface area (Å²) in [7, 11) is 1.78. The quantitative estimate of drug-likeness (QED) is 0.470. The van der Waals surface area contributed by atoms with Crippen molar-refractivity contribution in [2.24, 2.45) is 4.99 Å². The molecule has 0 radical (unpaired) electrons. The molecule has 0 atom stereocenters. The van der Waals surface area contributed by atoms with Crippen LogP contribution in [-0.2, 0) is 0 Å². The van der Waals surface area contributed by atoms with Crippen molar-refractivity contribution in [1.29, 1.82) is 0 Å². The van der Waals surface area contributed by atoms with Crippen LogP contribution < -0.4 is 10.1 Å². The number of furan rings is 1. The number of aliphatic imine (C=N–C) groups is 1. The molecule has 150 valence electrons. The fourth-order valence-electron chi connectivity index (χ4n) is 3.18. The second-order valence-corrected chi connectivity index (χ2v) is 6.70. The highest BCUT2D eigenvalue weighted by atomic mass is 16.5. The number of hydrogen-bond donors (Lipinski definition) is 1. The third kappa shape index (κ3) is 5.06. The van der Waals surface area contributed by atoms with E-state index < -0.39 is 0 Å². The smallest absolute Gasteiger partial charge is 0.289 e. The van der Waals surface area contributed by atoms with Gasteiger partial charge in [0, 0.05) is 39.8 Å². The molecule has 1 aromatic carbocycles. The van der Waals surface area contributed by atoms with Gasteiger partial charge in [0.2, 0.25) is 0 Å². The molecule has 0 unspecified atom stereocenters. The van der Waals surface area contributed by atoms with Gasteiger partial charge in [0.15, 0.2) is 11.7 Å². The number of amides is 1. The third-order valence-corrected chi connectivity index (χ3v) is 4.77. The summed E-state index contributed by atoms with van der Waals surface area (Å²) in [6, 6.07) is 11.5. The first-order chi connectivity index (χ1) is 13.7. The van der Waals surface area contributed by atoms with Crippen molar-refractivity contribution in [2.45, 2.75) is 13.3 Å². The molecular weight excluding hydrogens is 356 g/mol. The minimum atomic E-state index is -0.0547. The number of hydrogen-bond acceptors (Lipinski definition) is 4. The molecule has 1 saturated heterocycles. The number of ether oxygens (including phenoxy) is 1. The normalized spacial score (nSPS) is 14.9. The Balaban J connectivity index is 1.38. The highest BCUT2D eigenvalue weighted by Crippen LogP contribution is 2.16.